The molecule has 0 radical (unpaired) electrons. The Kier molecular flexibility index (Phi) is 5.37. The molecule has 0 spiro atoms. The zero-order valence-electron chi connectivity index (χ0n) is 14.1. The fourth-order valence-corrected chi connectivity index (χ4v) is 4.97. The van der Waals surface area contributed by atoms with Crippen molar-refractivity contribution < 1.29 is 8.42 Å². The molecule has 0 amide bonds. The summed E-state index contributed by atoms with van der Waals surface area (Å²) in [7, 11) is -2.88. The molecule has 1 aliphatic heterocycles. The molecule has 1 heterocycles. The lowest BCUT2D eigenvalue weighted by Crippen LogP contribution is -2.65. The van der Waals surface area contributed by atoms with E-state index in [1.54, 1.807) is 0 Å². The monoisotopic (exact) mass is 316 g/mol. The first-order valence-electron chi connectivity index (χ1n) is 8.47. The Labute approximate surface area is 130 Å². The van der Waals surface area contributed by atoms with Crippen LogP contribution in [-0.2, 0) is 9.84 Å². The van der Waals surface area contributed by atoms with Gasteiger partial charge in [-0.1, -0.05) is 20.8 Å². The fraction of sp³-hybridized carbons (Fsp3) is 1.00. The molecule has 21 heavy (non-hydrogen) atoms. The lowest BCUT2D eigenvalue weighted by atomic mass is 9.88. The summed E-state index contributed by atoms with van der Waals surface area (Å²) in [5.41, 5.74) is 0.180. The summed E-state index contributed by atoms with van der Waals surface area (Å²) in [5.74, 6) is 1.96. The van der Waals surface area contributed by atoms with Crippen LogP contribution in [0, 0.1) is 11.8 Å². The van der Waals surface area contributed by atoms with Gasteiger partial charge in [0.25, 0.3) is 0 Å². The van der Waals surface area contributed by atoms with E-state index in [0.29, 0.717) is 30.0 Å². The van der Waals surface area contributed by atoms with Gasteiger partial charge in [0.1, 0.15) is 0 Å². The molecule has 1 saturated carbocycles. The van der Waals surface area contributed by atoms with Crippen LogP contribution < -0.4 is 5.32 Å². The van der Waals surface area contributed by atoms with Gasteiger partial charge in [0.05, 0.1) is 5.75 Å². The van der Waals surface area contributed by atoms with Crippen molar-refractivity contribution in [1.29, 1.82) is 0 Å². The highest BCUT2D eigenvalue weighted by atomic mass is 32.2. The number of rotatable bonds is 7. The smallest absolute Gasteiger partial charge is 0.151 e. The maximum atomic E-state index is 12.0. The van der Waals surface area contributed by atoms with E-state index in [9.17, 15) is 8.42 Å². The van der Waals surface area contributed by atoms with Crippen molar-refractivity contribution in [3.63, 3.8) is 0 Å². The lowest BCUT2D eigenvalue weighted by Gasteiger charge is -2.48. The molecule has 124 valence electrons. The van der Waals surface area contributed by atoms with E-state index in [1.807, 2.05) is 6.92 Å². The van der Waals surface area contributed by atoms with Gasteiger partial charge in [0.15, 0.2) is 9.84 Å². The van der Waals surface area contributed by atoms with Crippen LogP contribution in [0.2, 0.25) is 0 Å². The highest BCUT2D eigenvalue weighted by Crippen LogP contribution is 2.41. The van der Waals surface area contributed by atoms with Crippen molar-refractivity contribution in [2.75, 3.05) is 31.1 Å². The van der Waals surface area contributed by atoms with Crippen molar-refractivity contribution in [1.82, 2.24) is 10.2 Å². The van der Waals surface area contributed by atoms with Crippen molar-refractivity contribution in [3.05, 3.63) is 0 Å². The predicted molar refractivity (Wildman–Crippen MR) is 88.3 cm³/mol. The first kappa shape index (κ1) is 17.2. The molecular weight excluding hydrogens is 284 g/mol. The summed E-state index contributed by atoms with van der Waals surface area (Å²) in [6, 6.07) is 0.452. The fourth-order valence-electron chi connectivity index (χ4n) is 3.63. The topological polar surface area (TPSA) is 49.4 Å². The molecule has 0 aromatic heterocycles. The van der Waals surface area contributed by atoms with E-state index in [2.05, 4.69) is 31.0 Å². The lowest BCUT2D eigenvalue weighted by molar-refractivity contribution is 0.0576. The number of nitrogens with zero attached hydrogens (tertiary/aromatic N) is 1. The van der Waals surface area contributed by atoms with Crippen LogP contribution in [0.15, 0.2) is 0 Å². The van der Waals surface area contributed by atoms with E-state index in [-0.39, 0.29) is 5.54 Å². The molecule has 0 aromatic rings. The van der Waals surface area contributed by atoms with Crippen LogP contribution in [0.1, 0.15) is 47.0 Å². The van der Waals surface area contributed by atoms with Crippen LogP contribution in [0.3, 0.4) is 0 Å². The first-order chi connectivity index (χ1) is 9.77. The Morgan fingerprint density at radius 1 is 1.29 bits per heavy atom. The highest BCUT2D eigenvalue weighted by molar-refractivity contribution is 7.91. The summed E-state index contributed by atoms with van der Waals surface area (Å²) in [6.07, 6.45) is 3.35. The standard InChI is InChI=1S/C16H32N2O2S/c1-5-9-21(19,20)10-8-18-12-16(4,14-6-7-14)17-11-15(18)13(2)3/h13-15,17H,5-12H2,1-4H3. The number of sulfone groups is 1. The molecular formula is C16H32N2O2S. The molecule has 5 heteroatoms. The van der Waals surface area contributed by atoms with Gasteiger partial charge >= 0.3 is 0 Å². The molecule has 1 saturated heterocycles. The Bertz CT molecular complexity index is 445. The highest BCUT2D eigenvalue weighted by Gasteiger charge is 2.46. The average Bonchev–Trinajstić information content (AvgIpc) is 3.20. The second-order valence-electron chi connectivity index (χ2n) is 7.51. The van der Waals surface area contributed by atoms with Crippen LogP contribution in [0.25, 0.3) is 0 Å². The Hall–Kier alpha value is -0.130. The van der Waals surface area contributed by atoms with Gasteiger partial charge in [-0.25, -0.2) is 8.42 Å². The van der Waals surface area contributed by atoms with E-state index in [1.165, 1.54) is 12.8 Å². The second kappa shape index (κ2) is 6.55. The SMILES string of the molecule is CCCS(=O)(=O)CCN1CC(C)(C2CC2)NCC1C(C)C. The van der Waals surface area contributed by atoms with Crippen LogP contribution in [0.5, 0.6) is 0 Å². The summed E-state index contributed by atoms with van der Waals surface area (Å²) in [5, 5.41) is 3.75. The van der Waals surface area contributed by atoms with Crippen LogP contribution in [0.4, 0.5) is 0 Å². The second-order valence-corrected chi connectivity index (χ2v) is 9.81. The van der Waals surface area contributed by atoms with Crippen molar-refractivity contribution in [2.45, 2.75) is 58.5 Å². The van der Waals surface area contributed by atoms with E-state index in [4.69, 9.17) is 0 Å². The number of nitrogens with one attached hydrogen (secondary N) is 1. The van der Waals surface area contributed by atoms with Gasteiger partial charge in [0.2, 0.25) is 0 Å². The average molecular weight is 317 g/mol. The number of hydrogen-bond donors (Lipinski definition) is 1. The third-order valence-electron chi connectivity index (χ3n) is 5.17. The predicted octanol–water partition coefficient (Wildman–Crippen LogP) is 1.91. The number of piperazine rings is 1. The van der Waals surface area contributed by atoms with Crippen LogP contribution in [-0.4, -0.2) is 56.0 Å². The maximum absolute atomic E-state index is 12.0. The minimum atomic E-state index is -2.88. The van der Waals surface area contributed by atoms with Gasteiger partial charge in [-0.15, -0.1) is 0 Å². The van der Waals surface area contributed by atoms with Gasteiger partial charge in [-0.2, -0.15) is 0 Å². The molecule has 2 fully saturated rings. The number of hydrogen-bond acceptors (Lipinski definition) is 4. The molecule has 1 aliphatic carbocycles. The van der Waals surface area contributed by atoms with Gasteiger partial charge in [-0.3, -0.25) is 4.90 Å². The summed E-state index contributed by atoms with van der Waals surface area (Å²) in [6.45, 7) is 11.4. The summed E-state index contributed by atoms with van der Waals surface area (Å²) < 4.78 is 24.0. The van der Waals surface area contributed by atoms with Gasteiger partial charge < -0.3 is 5.32 Å². The third-order valence-corrected chi connectivity index (χ3v) is 7.00. The quantitative estimate of drug-likeness (QED) is 0.779. The molecule has 4 nitrogen and oxygen atoms in total. The zero-order valence-corrected chi connectivity index (χ0v) is 14.9. The molecule has 2 unspecified atom stereocenters. The molecule has 2 aliphatic rings. The Morgan fingerprint density at radius 2 is 1.95 bits per heavy atom. The first-order valence-corrected chi connectivity index (χ1v) is 10.3. The van der Waals surface area contributed by atoms with Gasteiger partial charge in [0, 0.05) is 37.0 Å². The van der Waals surface area contributed by atoms with Crippen molar-refractivity contribution >= 4 is 9.84 Å². The Balaban J connectivity index is 2.00. The maximum Gasteiger partial charge on any atom is 0.151 e. The molecule has 2 atom stereocenters. The minimum absolute atomic E-state index is 0.180. The zero-order chi connectivity index (χ0) is 15.7. The molecule has 0 aromatic carbocycles. The van der Waals surface area contributed by atoms with E-state index in [0.717, 1.165) is 25.4 Å². The minimum Gasteiger partial charge on any atom is -0.308 e. The third kappa shape index (κ3) is 4.42. The van der Waals surface area contributed by atoms with E-state index >= 15 is 0 Å². The summed E-state index contributed by atoms with van der Waals surface area (Å²) >= 11 is 0. The van der Waals surface area contributed by atoms with Crippen molar-refractivity contribution in [2.24, 2.45) is 11.8 Å². The van der Waals surface area contributed by atoms with Crippen LogP contribution >= 0.6 is 0 Å². The summed E-state index contributed by atoms with van der Waals surface area (Å²) in [4.78, 5) is 2.44. The molecule has 0 bridgehead atoms. The molecule has 2 rings (SSSR count). The Morgan fingerprint density at radius 3 is 2.48 bits per heavy atom. The van der Waals surface area contributed by atoms with Gasteiger partial charge in [-0.05, 0) is 38.0 Å². The van der Waals surface area contributed by atoms with E-state index < -0.39 is 9.84 Å². The van der Waals surface area contributed by atoms with Crippen molar-refractivity contribution in [3.8, 4) is 0 Å². The molecule has 1 N–H and O–H groups in total. The largest absolute Gasteiger partial charge is 0.308 e. The normalized spacial score (nSPS) is 31.8.